The van der Waals surface area contributed by atoms with E-state index in [-0.39, 0.29) is 18.6 Å². The molecule has 4 aromatic rings. The molecule has 6 heteroatoms. The average Bonchev–Trinajstić information content (AvgIpc) is 3.34. The number of carbonyl (C=O) groups is 1. The van der Waals surface area contributed by atoms with Gasteiger partial charge < -0.3 is 14.2 Å². The molecule has 0 saturated carbocycles. The van der Waals surface area contributed by atoms with Crippen LogP contribution in [0.5, 0.6) is 0 Å². The van der Waals surface area contributed by atoms with E-state index in [4.69, 9.17) is 9.26 Å². The minimum absolute atomic E-state index is 0.00448. The van der Waals surface area contributed by atoms with Gasteiger partial charge in [-0.25, -0.2) is 0 Å². The number of nitrogens with zero attached hydrogens (tertiary/aromatic N) is 3. The van der Waals surface area contributed by atoms with Gasteiger partial charge in [0.15, 0.2) is 0 Å². The molecule has 0 aliphatic carbocycles. The molecule has 0 saturated heterocycles. The average molecular weight is 456 g/mol. The molecule has 1 aromatic heterocycles. The minimum atomic E-state index is -0.117. The second-order valence-electron chi connectivity index (χ2n) is 8.28. The molecule has 4 rings (SSSR count). The van der Waals surface area contributed by atoms with Gasteiger partial charge in [0.2, 0.25) is 17.6 Å². The highest BCUT2D eigenvalue weighted by Crippen LogP contribution is 2.22. The highest BCUT2D eigenvalue weighted by Gasteiger charge is 2.22. The first-order chi connectivity index (χ1) is 16.6. The summed E-state index contributed by atoms with van der Waals surface area (Å²) in [5.74, 6) is 0.972. The summed E-state index contributed by atoms with van der Waals surface area (Å²) in [5.41, 5.74) is 4.17. The lowest BCUT2D eigenvalue weighted by Crippen LogP contribution is -2.37. The summed E-state index contributed by atoms with van der Waals surface area (Å²) in [6, 6.07) is 27.7. The normalized spacial score (nSPS) is 11.8. The second kappa shape index (κ2) is 11.4. The van der Waals surface area contributed by atoms with Crippen LogP contribution in [-0.2, 0) is 22.6 Å². The quantitative estimate of drug-likeness (QED) is 0.321. The van der Waals surface area contributed by atoms with Crippen LogP contribution in [0.2, 0.25) is 0 Å². The first kappa shape index (κ1) is 23.4. The summed E-state index contributed by atoms with van der Waals surface area (Å²) in [6.07, 6.45) is 0.459. The lowest BCUT2D eigenvalue weighted by Gasteiger charge is -2.29. The number of hydrogen-bond acceptors (Lipinski definition) is 5. The fraction of sp³-hybridized carbons (Fsp3) is 0.250. The van der Waals surface area contributed by atoms with E-state index < -0.39 is 0 Å². The fourth-order valence-corrected chi connectivity index (χ4v) is 3.75. The van der Waals surface area contributed by atoms with E-state index in [2.05, 4.69) is 10.1 Å². The maximum Gasteiger partial charge on any atom is 0.249 e. The second-order valence-corrected chi connectivity index (χ2v) is 8.28. The molecule has 0 N–H and O–H groups in total. The van der Waals surface area contributed by atoms with Crippen molar-refractivity contribution in [3.63, 3.8) is 0 Å². The fourth-order valence-electron chi connectivity index (χ4n) is 3.75. The van der Waals surface area contributed by atoms with Crippen LogP contribution in [0.3, 0.4) is 0 Å². The van der Waals surface area contributed by atoms with Crippen molar-refractivity contribution in [2.24, 2.45) is 0 Å². The minimum Gasteiger partial charge on any atom is -0.367 e. The molecule has 1 amide bonds. The molecule has 0 radical (unpaired) electrons. The molecular weight excluding hydrogens is 426 g/mol. The van der Waals surface area contributed by atoms with Gasteiger partial charge in [-0.3, -0.25) is 4.79 Å². The topological polar surface area (TPSA) is 68.5 Å². The van der Waals surface area contributed by atoms with Crippen LogP contribution in [0.25, 0.3) is 11.4 Å². The Bertz CT molecular complexity index is 1170. The molecule has 1 heterocycles. The lowest BCUT2D eigenvalue weighted by atomic mass is 10.1. The van der Waals surface area contributed by atoms with E-state index in [0.29, 0.717) is 31.3 Å². The Hall–Kier alpha value is -3.77. The first-order valence-corrected chi connectivity index (χ1v) is 11.5. The number of benzene rings is 3. The van der Waals surface area contributed by atoms with Gasteiger partial charge in [-0.2, -0.15) is 4.98 Å². The van der Waals surface area contributed by atoms with Crippen molar-refractivity contribution in [3.8, 4) is 11.4 Å². The Kier molecular flexibility index (Phi) is 7.83. The van der Waals surface area contributed by atoms with E-state index in [0.717, 1.165) is 16.7 Å². The predicted octanol–water partition coefficient (Wildman–Crippen LogP) is 5.39. The maximum absolute atomic E-state index is 13.2. The molecule has 3 aromatic carbocycles. The van der Waals surface area contributed by atoms with Crippen LogP contribution in [0.15, 0.2) is 89.5 Å². The molecule has 1 atom stereocenters. The Balaban J connectivity index is 1.42. The molecule has 0 fully saturated rings. The Morgan fingerprint density at radius 2 is 1.65 bits per heavy atom. The largest absolute Gasteiger partial charge is 0.367 e. The summed E-state index contributed by atoms with van der Waals surface area (Å²) in [6.45, 7) is 4.90. The first-order valence-electron chi connectivity index (χ1n) is 11.5. The van der Waals surface area contributed by atoms with Gasteiger partial charge in [-0.05, 0) is 25.0 Å². The van der Waals surface area contributed by atoms with Crippen molar-refractivity contribution in [3.05, 3.63) is 108 Å². The van der Waals surface area contributed by atoms with Crippen LogP contribution in [0.1, 0.15) is 35.5 Å². The van der Waals surface area contributed by atoms with Crippen molar-refractivity contribution in [1.29, 1.82) is 0 Å². The molecule has 6 nitrogen and oxygen atoms in total. The Morgan fingerprint density at radius 1 is 0.971 bits per heavy atom. The van der Waals surface area contributed by atoms with E-state index in [1.807, 2.05) is 104 Å². The van der Waals surface area contributed by atoms with Crippen LogP contribution in [0, 0.1) is 6.92 Å². The van der Waals surface area contributed by atoms with Gasteiger partial charge in [-0.1, -0.05) is 95.6 Å². The third-order valence-corrected chi connectivity index (χ3v) is 5.75. The monoisotopic (exact) mass is 455 g/mol. The number of amides is 1. The standard InChI is InChI=1S/C28H29N3O3/c1-21-13-15-25(16-14-21)28-29-26(34-30-28)17-18-31(22(2)24-11-7-4-8-12-24)27(32)20-33-19-23-9-5-3-6-10-23/h3-16,22H,17-20H2,1-2H3. The van der Waals surface area contributed by atoms with E-state index in [1.54, 1.807) is 0 Å². The smallest absolute Gasteiger partial charge is 0.249 e. The van der Waals surface area contributed by atoms with Crippen molar-refractivity contribution >= 4 is 5.91 Å². The van der Waals surface area contributed by atoms with Crippen molar-refractivity contribution in [2.75, 3.05) is 13.2 Å². The van der Waals surface area contributed by atoms with Gasteiger partial charge >= 0.3 is 0 Å². The maximum atomic E-state index is 13.2. The molecule has 0 aliphatic rings. The highest BCUT2D eigenvalue weighted by molar-refractivity contribution is 5.78. The van der Waals surface area contributed by atoms with Gasteiger partial charge in [0, 0.05) is 18.5 Å². The number of ether oxygens (including phenoxy) is 1. The molecule has 0 spiro atoms. The number of hydrogen-bond donors (Lipinski definition) is 0. The number of rotatable bonds is 10. The third kappa shape index (κ3) is 6.17. The molecule has 174 valence electrons. The van der Waals surface area contributed by atoms with Crippen molar-refractivity contribution < 1.29 is 14.1 Å². The number of carbonyl (C=O) groups excluding carboxylic acids is 1. The SMILES string of the molecule is Cc1ccc(-c2noc(CCN(C(=O)COCc3ccccc3)C(C)c3ccccc3)n2)cc1. The van der Waals surface area contributed by atoms with E-state index >= 15 is 0 Å². The van der Waals surface area contributed by atoms with Crippen LogP contribution in [0.4, 0.5) is 0 Å². The number of aryl methyl sites for hydroxylation is 1. The summed E-state index contributed by atoms with van der Waals surface area (Å²) >= 11 is 0. The molecule has 1 unspecified atom stereocenters. The lowest BCUT2D eigenvalue weighted by molar-refractivity contribution is -0.138. The van der Waals surface area contributed by atoms with Crippen molar-refractivity contribution in [1.82, 2.24) is 15.0 Å². The summed E-state index contributed by atoms with van der Waals surface area (Å²) in [4.78, 5) is 19.5. The summed E-state index contributed by atoms with van der Waals surface area (Å²) < 4.78 is 11.2. The van der Waals surface area contributed by atoms with Gasteiger partial charge in [0.05, 0.1) is 12.6 Å². The summed E-state index contributed by atoms with van der Waals surface area (Å²) in [7, 11) is 0. The van der Waals surface area contributed by atoms with E-state index in [1.165, 1.54) is 5.56 Å². The van der Waals surface area contributed by atoms with Crippen molar-refractivity contribution in [2.45, 2.75) is 32.9 Å². The zero-order valence-corrected chi connectivity index (χ0v) is 19.6. The summed E-state index contributed by atoms with van der Waals surface area (Å²) in [5, 5.41) is 4.11. The predicted molar refractivity (Wildman–Crippen MR) is 131 cm³/mol. The zero-order valence-electron chi connectivity index (χ0n) is 19.6. The number of aromatic nitrogens is 2. The van der Waals surface area contributed by atoms with Gasteiger partial charge in [-0.15, -0.1) is 0 Å². The molecular formula is C28H29N3O3. The molecule has 0 bridgehead atoms. The zero-order chi connectivity index (χ0) is 23.8. The van der Waals surface area contributed by atoms with Gasteiger partial charge in [0.1, 0.15) is 6.61 Å². The van der Waals surface area contributed by atoms with Crippen LogP contribution >= 0.6 is 0 Å². The Morgan fingerprint density at radius 3 is 2.35 bits per heavy atom. The van der Waals surface area contributed by atoms with E-state index in [9.17, 15) is 4.79 Å². The van der Waals surface area contributed by atoms with Gasteiger partial charge in [0.25, 0.3) is 0 Å². The molecule has 0 aliphatic heterocycles. The highest BCUT2D eigenvalue weighted by atomic mass is 16.5. The third-order valence-electron chi connectivity index (χ3n) is 5.75. The van der Waals surface area contributed by atoms with Crippen LogP contribution < -0.4 is 0 Å². The Labute approximate surface area is 200 Å². The molecule has 34 heavy (non-hydrogen) atoms. The van der Waals surface area contributed by atoms with Crippen LogP contribution in [-0.4, -0.2) is 34.1 Å².